The van der Waals surface area contributed by atoms with E-state index < -0.39 is 18.0 Å². The molecule has 2 aromatic carbocycles. The van der Waals surface area contributed by atoms with Crippen molar-refractivity contribution in [1.29, 1.82) is 0 Å². The van der Waals surface area contributed by atoms with Crippen LogP contribution >= 0.6 is 0 Å². The van der Waals surface area contributed by atoms with Gasteiger partial charge in [0.25, 0.3) is 5.91 Å². The molecule has 1 aliphatic rings. The fourth-order valence-electron chi connectivity index (χ4n) is 3.66. The number of ether oxygens (including phenoxy) is 2. The molecule has 1 heterocycles. The molecule has 176 valence electrons. The quantitative estimate of drug-likeness (QED) is 0.542. The molecule has 4 amide bonds. The van der Waals surface area contributed by atoms with E-state index in [1.54, 1.807) is 48.5 Å². The first-order valence-electron chi connectivity index (χ1n) is 11.1. The van der Waals surface area contributed by atoms with Crippen LogP contribution in [-0.4, -0.2) is 49.0 Å². The summed E-state index contributed by atoms with van der Waals surface area (Å²) in [7, 11) is 1.52. The first-order chi connectivity index (χ1) is 15.8. The van der Waals surface area contributed by atoms with Crippen LogP contribution in [0, 0.1) is 5.92 Å². The topological polar surface area (TPSA) is 88.2 Å². The third kappa shape index (κ3) is 5.83. The molecule has 1 fully saturated rings. The Hall–Kier alpha value is -3.55. The number of carbonyl (C=O) groups is 3. The summed E-state index contributed by atoms with van der Waals surface area (Å²) in [6.07, 6.45) is 0.596. The van der Waals surface area contributed by atoms with Gasteiger partial charge in [0.15, 0.2) is 0 Å². The van der Waals surface area contributed by atoms with E-state index in [9.17, 15) is 14.4 Å². The lowest BCUT2D eigenvalue weighted by Crippen LogP contribution is -2.39. The smallest absolute Gasteiger partial charge is 0.332 e. The van der Waals surface area contributed by atoms with Crippen molar-refractivity contribution in [2.75, 3.05) is 30.5 Å². The fourth-order valence-corrected chi connectivity index (χ4v) is 3.66. The molecule has 0 saturated carbocycles. The van der Waals surface area contributed by atoms with Gasteiger partial charge in [-0.3, -0.25) is 9.59 Å². The van der Waals surface area contributed by atoms with E-state index >= 15 is 0 Å². The minimum Gasteiger partial charge on any atom is -0.497 e. The van der Waals surface area contributed by atoms with Crippen molar-refractivity contribution in [2.24, 2.45) is 5.92 Å². The predicted molar refractivity (Wildman–Crippen MR) is 127 cm³/mol. The van der Waals surface area contributed by atoms with E-state index in [2.05, 4.69) is 19.2 Å². The molecular formula is C25H31N3O5. The number of imide groups is 1. The molecule has 1 aliphatic heterocycles. The van der Waals surface area contributed by atoms with Gasteiger partial charge in [-0.1, -0.05) is 19.9 Å². The van der Waals surface area contributed by atoms with Crippen molar-refractivity contribution in [3.8, 4) is 11.5 Å². The van der Waals surface area contributed by atoms with Crippen LogP contribution in [0.25, 0.3) is 0 Å². The monoisotopic (exact) mass is 453 g/mol. The maximum absolute atomic E-state index is 13.3. The molecule has 3 rings (SSSR count). The molecule has 1 N–H and O–H groups in total. The Labute approximate surface area is 194 Å². The van der Waals surface area contributed by atoms with E-state index in [1.807, 2.05) is 6.92 Å². The van der Waals surface area contributed by atoms with E-state index in [0.717, 1.165) is 11.3 Å². The lowest BCUT2D eigenvalue weighted by molar-refractivity contribution is -0.124. The summed E-state index contributed by atoms with van der Waals surface area (Å²) in [4.78, 5) is 41.9. The van der Waals surface area contributed by atoms with Gasteiger partial charge in [0.1, 0.15) is 17.5 Å². The molecule has 0 aliphatic carbocycles. The number of benzene rings is 2. The number of nitrogens with one attached hydrogen (secondary N) is 1. The molecule has 1 atom stereocenters. The molecule has 1 unspecified atom stereocenters. The lowest BCUT2D eigenvalue weighted by atomic mass is 10.1. The zero-order valence-electron chi connectivity index (χ0n) is 19.5. The van der Waals surface area contributed by atoms with Crippen LogP contribution in [0.3, 0.4) is 0 Å². The second kappa shape index (κ2) is 10.8. The van der Waals surface area contributed by atoms with Crippen molar-refractivity contribution < 1.29 is 23.9 Å². The summed E-state index contributed by atoms with van der Waals surface area (Å²) in [6.45, 7) is 6.95. The Morgan fingerprint density at radius 1 is 1.09 bits per heavy atom. The first kappa shape index (κ1) is 24.1. The van der Waals surface area contributed by atoms with Crippen LogP contribution in [0.5, 0.6) is 11.5 Å². The maximum Gasteiger partial charge on any atom is 0.332 e. The number of anilines is 2. The van der Waals surface area contributed by atoms with Gasteiger partial charge in [-0.25, -0.2) is 9.69 Å². The van der Waals surface area contributed by atoms with E-state index in [0.29, 0.717) is 41.9 Å². The summed E-state index contributed by atoms with van der Waals surface area (Å²) in [5, 5.41) is 2.81. The number of nitrogens with zero attached hydrogens (tertiary/aromatic N) is 2. The highest BCUT2D eigenvalue weighted by molar-refractivity contribution is 6.22. The van der Waals surface area contributed by atoms with Crippen molar-refractivity contribution in [2.45, 2.75) is 39.7 Å². The number of urea groups is 1. The molecule has 1 saturated heterocycles. The highest BCUT2D eigenvalue weighted by atomic mass is 16.5. The first-order valence-corrected chi connectivity index (χ1v) is 11.1. The molecule has 8 heteroatoms. The minimum absolute atomic E-state index is 0.129. The van der Waals surface area contributed by atoms with Gasteiger partial charge in [-0.2, -0.15) is 0 Å². The average Bonchev–Trinajstić information content (AvgIpc) is 3.02. The summed E-state index contributed by atoms with van der Waals surface area (Å²) in [5.74, 6) is 0.836. The van der Waals surface area contributed by atoms with Gasteiger partial charge in [0, 0.05) is 18.3 Å². The van der Waals surface area contributed by atoms with Crippen LogP contribution in [-0.2, 0) is 9.59 Å². The van der Waals surface area contributed by atoms with E-state index in [-0.39, 0.29) is 12.3 Å². The summed E-state index contributed by atoms with van der Waals surface area (Å²) in [6, 6.07) is 12.5. The van der Waals surface area contributed by atoms with Gasteiger partial charge < -0.3 is 19.7 Å². The normalized spacial score (nSPS) is 15.8. The van der Waals surface area contributed by atoms with Crippen LogP contribution in [0.15, 0.2) is 48.5 Å². The van der Waals surface area contributed by atoms with Crippen LogP contribution < -0.4 is 19.7 Å². The summed E-state index contributed by atoms with van der Waals surface area (Å²) in [5.41, 5.74) is 1.02. The maximum atomic E-state index is 13.3. The van der Waals surface area contributed by atoms with Crippen LogP contribution in [0.2, 0.25) is 0 Å². The molecule has 0 aromatic heterocycles. The number of methoxy groups -OCH3 is 1. The predicted octanol–water partition coefficient (Wildman–Crippen LogP) is 4.31. The second-order valence-corrected chi connectivity index (χ2v) is 8.26. The molecule has 2 aromatic rings. The molecule has 0 radical (unpaired) electrons. The summed E-state index contributed by atoms with van der Waals surface area (Å²) < 4.78 is 10.7. The Bertz CT molecular complexity index is 990. The minimum atomic E-state index is -0.870. The molecule has 33 heavy (non-hydrogen) atoms. The SMILES string of the molecule is CCOc1ccc(NC(=O)CC2C(=O)N(c3cccc(OC)c3)C(=O)N2CCC(C)C)cc1. The highest BCUT2D eigenvalue weighted by Gasteiger charge is 2.46. The number of hydrogen-bond acceptors (Lipinski definition) is 5. The number of hydrogen-bond donors (Lipinski definition) is 1. The zero-order valence-corrected chi connectivity index (χ0v) is 19.5. The Morgan fingerprint density at radius 3 is 2.45 bits per heavy atom. The van der Waals surface area contributed by atoms with Crippen LogP contribution in [0.1, 0.15) is 33.6 Å². The Kier molecular flexibility index (Phi) is 7.92. The highest BCUT2D eigenvalue weighted by Crippen LogP contribution is 2.30. The summed E-state index contributed by atoms with van der Waals surface area (Å²) >= 11 is 0. The van der Waals surface area contributed by atoms with Crippen molar-refractivity contribution in [3.63, 3.8) is 0 Å². The van der Waals surface area contributed by atoms with Crippen molar-refractivity contribution in [3.05, 3.63) is 48.5 Å². The largest absolute Gasteiger partial charge is 0.497 e. The molecule has 0 bridgehead atoms. The fraction of sp³-hybridized carbons (Fsp3) is 0.400. The van der Waals surface area contributed by atoms with Crippen molar-refractivity contribution in [1.82, 2.24) is 4.90 Å². The van der Waals surface area contributed by atoms with Gasteiger partial charge in [-0.05, 0) is 55.7 Å². The Morgan fingerprint density at radius 2 is 1.82 bits per heavy atom. The van der Waals surface area contributed by atoms with Crippen LogP contribution in [0.4, 0.5) is 16.2 Å². The molecular weight excluding hydrogens is 422 g/mol. The zero-order chi connectivity index (χ0) is 24.0. The van der Waals surface area contributed by atoms with E-state index in [4.69, 9.17) is 9.47 Å². The number of rotatable bonds is 10. The average molecular weight is 454 g/mol. The van der Waals surface area contributed by atoms with E-state index in [1.165, 1.54) is 12.0 Å². The second-order valence-electron chi connectivity index (χ2n) is 8.26. The standard InChI is InChI=1S/C25H31N3O5/c1-5-33-20-11-9-18(10-12-20)26-23(29)16-22-24(30)28(19-7-6-8-21(15-19)32-4)25(31)27(22)14-13-17(2)3/h6-12,15,17,22H,5,13-14,16H2,1-4H3,(H,26,29). The number of amides is 4. The third-order valence-electron chi connectivity index (χ3n) is 5.41. The van der Waals surface area contributed by atoms with Gasteiger partial charge in [0.2, 0.25) is 5.91 Å². The van der Waals surface area contributed by atoms with Gasteiger partial charge in [0.05, 0.1) is 25.8 Å². The third-order valence-corrected chi connectivity index (χ3v) is 5.41. The number of carbonyl (C=O) groups excluding carboxylic acids is 3. The van der Waals surface area contributed by atoms with Gasteiger partial charge >= 0.3 is 6.03 Å². The molecule has 0 spiro atoms. The molecule has 8 nitrogen and oxygen atoms in total. The van der Waals surface area contributed by atoms with Crippen molar-refractivity contribution >= 4 is 29.2 Å². The lowest BCUT2D eigenvalue weighted by Gasteiger charge is -2.22. The Balaban J connectivity index is 1.78. The van der Waals surface area contributed by atoms with Gasteiger partial charge in [-0.15, -0.1) is 0 Å².